The molecule has 1 saturated heterocycles. The second-order valence-electron chi connectivity index (χ2n) is 5.60. The molecule has 2 aromatic rings. The molecule has 0 saturated carbocycles. The third-order valence-electron chi connectivity index (χ3n) is 3.90. The van der Waals surface area contributed by atoms with E-state index in [2.05, 4.69) is 5.32 Å². The molecule has 1 N–H and O–H groups in total. The SMILES string of the molecule is CCOC(=O)c1ccc(N2C(=O)CC(Nc3ccccc3)C2=O)cc1. The monoisotopic (exact) mass is 338 g/mol. The van der Waals surface area contributed by atoms with E-state index in [1.807, 2.05) is 30.3 Å². The van der Waals surface area contributed by atoms with Crippen LogP contribution < -0.4 is 10.2 Å². The van der Waals surface area contributed by atoms with E-state index in [0.717, 1.165) is 10.6 Å². The average Bonchev–Trinajstić information content (AvgIpc) is 2.90. The quantitative estimate of drug-likeness (QED) is 0.670. The van der Waals surface area contributed by atoms with Crippen LogP contribution in [0.25, 0.3) is 0 Å². The number of ether oxygens (including phenoxy) is 1. The van der Waals surface area contributed by atoms with Crippen molar-refractivity contribution in [2.24, 2.45) is 0 Å². The molecule has 1 atom stereocenters. The van der Waals surface area contributed by atoms with Gasteiger partial charge in [0.1, 0.15) is 6.04 Å². The summed E-state index contributed by atoms with van der Waals surface area (Å²) >= 11 is 0. The number of para-hydroxylation sites is 1. The number of hydrogen-bond donors (Lipinski definition) is 1. The summed E-state index contributed by atoms with van der Waals surface area (Å²) < 4.78 is 4.92. The fraction of sp³-hybridized carbons (Fsp3) is 0.211. The van der Waals surface area contributed by atoms with Crippen molar-refractivity contribution in [3.63, 3.8) is 0 Å². The first-order valence-electron chi connectivity index (χ1n) is 8.05. The Labute approximate surface area is 145 Å². The minimum Gasteiger partial charge on any atom is -0.462 e. The van der Waals surface area contributed by atoms with Gasteiger partial charge in [-0.05, 0) is 43.3 Å². The number of esters is 1. The van der Waals surface area contributed by atoms with Gasteiger partial charge in [0, 0.05) is 5.69 Å². The summed E-state index contributed by atoms with van der Waals surface area (Å²) in [6.45, 7) is 2.02. The highest BCUT2D eigenvalue weighted by Crippen LogP contribution is 2.25. The molecule has 6 heteroatoms. The Balaban J connectivity index is 1.75. The van der Waals surface area contributed by atoms with E-state index < -0.39 is 12.0 Å². The summed E-state index contributed by atoms with van der Waals surface area (Å²) in [7, 11) is 0. The highest BCUT2D eigenvalue weighted by atomic mass is 16.5. The molecule has 1 fully saturated rings. The Hall–Kier alpha value is -3.15. The Morgan fingerprint density at radius 3 is 2.44 bits per heavy atom. The van der Waals surface area contributed by atoms with Crippen LogP contribution in [0.3, 0.4) is 0 Å². The lowest BCUT2D eigenvalue weighted by Gasteiger charge is -2.16. The number of nitrogens with zero attached hydrogens (tertiary/aromatic N) is 1. The molecule has 0 bridgehead atoms. The van der Waals surface area contributed by atoms with E-state index in [1.54, 1.807) is 31.2 Å². The maximum Gasteiger partial charge on any atom is 0.338 e. The predicted molar refractivity (Wildman–Crippen MR) is 93.4 cm³/mol. The van der Waals surface area contributed by atoms with E-state index in [4.69, 9.17) is 4.74 Å². The van der Waals surface area contributed by atoms with Gasteiger partial charge in [-0.3, -0.25) is 9.59 Å². The maximum atomic E-state index is 12.6. The molecule has 6 nitrogen and oxygen atoms in total. The number of carbonyl (C=O) groups excluding carboxylic acids is 3. The molecule has 128 valence electrons. The molecule has 1 aliphatic heterocycles. The van der Waals surface area contributed by atoms with E-state index in [9.17, 15) is 14.4 Å². The zero-order valence-corrected chi connectivity index (χ0v) is 13.8. The Bertz CT molecular complexity index is 787. The van der Waals surface area contributed by atoms with Crippen molar-refractivity contribution in [2.75, 3.05) is 16.8 Å². The Kier molecular flexibility index (Phi) is 4.79. The van der Waals surface area contributed by atoms with Gasteiger partial charge in [-0.25, -0.2) is 9.69 Å². The predicted octanol–water partition coefficient (Wildman–Crippen LogP) is 2.61. The van der Waals surface area contributed by atoms with Crippen LogP contribution >= 0.6 is 0 Å². The molecule has 1 heterocycles. The smallest absolute Gasteiger partial charge is 0.338 e. The van der Waals surface area contributed by atoms with E-state index in [1.165, 1.54) is 0 Å². The van der Waals surface area contributed by atoms with E-state index in [-0.39, 0.29) is 24.8 Å². The molecular weight excluding hydrogens is 320 g/mol. The van der Waals surface area contributed by atoms with Crippen molar-refractivity contribution in [1.29, 1.82) is 0 Å². The second-order valence-corrected chi connectivity index (χ2v) is 5.60. The van der Waals surface area contributed by atoms with Crippen LogP contribution in [0, 0.1) is 0 Å². The molecule has 0 radical (unpaired) electrons. The van der Waals surface area contributed by atoms with Gasteiger partial charge in [-0.2, -0.15) is 0 Å². The molecule has 0 aliphatic carbocycles. The highest BCUT2D eigenvalue weighted by Gasteiger charge is 2.39. The first kappa shape index (κ1) is 16.7. The Morgan fingerprint density at radius 2 is 1.80 bits per heavy atom. The molecule has 2 amide bonds. The number of amides is 2. The lowest BCUT2D eigenvalue weighted by atomic mass is 10.2. The topological polar surface area (TPSA) is 75.7 Å². The fourth-order valence-electron chi connectivity index (χ4n) is 2.71. The number of imide groups is 1. The van der Waals surface area contributed by atoms with Gasteiger partial charge >= 0.3 is 5.97 Å². The molecule has 25 heavy (non-hydrogen) atoms. The largest absolute Gasteiger partial charge is 0.462 e. The van der Waals surface area contributed by atoms with Gasteiger partial charge in [0.15, 0.2) is 0 Å². The van der Waals surface area contributed by atoms with Crippen LogP contribution in [-0.4, -0.2) is 30.4 Å². The second kappa shape index (κ2) is 7.17. The fourth-order valence-corrected chi connectivity index (χ4v) is 2.71. The molecule has 1 aliphatic rings. The summed E-state index contributed by atoms with van der Waals surface area (Å²) in [5, 5.41) is 3.08. The van der Waals surface area contributed by atoms with Gasteiger partial charge in [-0.15, -0.1) is 0 Å². The third-order valence-corrected chi connectivity index (χ3v) is 3.90. The van der Waals surface area contributed by atoms with Crippen LogP contribution in [0.15, 0.2) is 54.6 Å². The first-order chi connectivity index (χ1) is 12.1. The Morgan fingerprint density at radius 1 is 1.12 bits per heavy atom. The average molecular weight is 338 g/mol. The van der Waals surface area contributed by atoms with Gasteiger partial charge < -0.3 is 10.1 Å². The molecular formula is C19H18N2O4. The zero-order valence-electron chi connectivity index (χ0n) is 13.8. The normalized spacial score (nSPS) is 16.8. The third kappa shape index (κ3) is 3.52. The summed E-state index contributed by atoms with van der Waals surface area (Å²) in [5.74, 6) is -1.02. The van der Waals surface area contributed by atoms with Gasteiger partial charge in [-0.1, -0.05) is 18.2 Å². The number of carbonyl (C=O) groups is 3. The number of nitrogens with one attached hydrogen (secondary N) is 1. The van der Waals surface area contributed by atoms with Crippen molar-refractivity contribution in [2.45, 2.75) is 19.4 Å². The van der Waals surface area contributed by atoms with Crippen molar-refractivity contribution < 1.29 is 19.1 Å². The van der Waals surface area contributed by atoms with E-state index >= 15 is 0 Å². The molecule has 0 aromatic heterocycles. The van der Waals surface area contributed by atoms with Gasteiger partial charge in [0.2, 0.25) is 5.91 Å². The molecule has 3 rings (SSSR count). The van der Waals surface area contributed by atoms with Crippen molar-refractivity contribution >= 4 is 29.2 Å². The molecule has 0 spiro atoms. The zero-order chi connectivity index (χ0) is 17.8. The van der Waals surface area contributed by atoms with Crippen LogP contribution in [0.4, 0.5) is 11.4 Å². The van der Waals surface area contributed by atoms with Crippen LogP contribution in [-0.2, 0) is 14.3 Å². The van der Waals surface area contributed by atoms with Gasteiger partial charge in [0.25, 0.3) is 5.91 Å². The standard InChI is InChI=1S/C19H18N2O4/c1-2-25-19(24)13-8-10-15(11-9-13)21-17(22)12-16(18(21)23)20-14-6-4-3-5-7-14/h3-11,16,20H,2,12H2,1H3. The molecule has 1 unspecified atom stereocenters. The summed E-state index contributed by atoms with van der Waals surface area (Å²) in [4.78, 5) is 37.7. The number of anilines is 2. The number of hydrogen-bond acceptors (Lipinski definition) is 5. The van der Waals surface area contributed by atoms with E-state index in [0.29, 0.717) is 11.3 Å². The minimum atomic E-state index is -0.598. The molecule has 2 aromatic carbocycles. The van der Waals surface area contributed by atoms with Gasteiger partial charge in [0.05, 0.1) is 24.3 Å². The highest BCUT2D eigenvalue weighted by molar-refractivity contribution is 6.23. The first-order valence-corrected chi connectivity index (χ1v) is 8.05. The van der Waals surface area contributed by atoms with Crippen LogP contribution in [0.1, 0.15) is 23.7 Å². The lowest BCUT2D eigenvalue weighted by molar-refractivity contribution is -0.121. The number of benzene rings is 2. The van der Waals surface area contributed by atoms with Crippen molar-refractivity contribution in [1.82, 2.24) is 0 Å². The summed E-state index contributed by atoms with van der Waals surface area (Å²) in [5.41, 5.74) is 1.61. The summed E-state index contributed by atoms with van der Waals surface area (Å²) in [6, 6.07) is 14.9. The lowest BCUT2D eigenvalue weighted by Crippen LogP contribution is -2.34. The minimum absolute atomic E-state index is 0.0906. The van der Waals surface area contributed by atoms with Crippen molar-refractivity contribution in [3.8, 4) is 0 Å². The summed E-state index contributed by atoms with van der Waals surface area (Å²) in [6.07, 6.45) is 0.0906. The van der Waals surface area contributed by atoms with Crippen LogP contribution in [0.2, 0.25) is 0 Å². The van der Waals surface area contributed by atoms with Crippen LogP contribution in [0.5, 0.6) is 0 Å². The maximum absolute atomic E-state index is 12.6. The number of rotatable bonds is 5. The van der Waals surface area contributed by atoms with Crippen molar-refractivity contribution in [3.05, 3.63) is 60.2 Å².